The molecule has 1 aliphatic heterocycles. The molecule has 8 heteroatoms. The zero-order valence-corrected chi connectivity index (χ0v) is 16.1. The predicted molar refractivity (Wildman–Crippen MR) is 100 cm³/mol. The smallest absolute Gasteiger partial charge is 0.288 e. The molecular weight excluding hydrogens is 330 g/mol. The number of aromatic nitrogens is 4. The van der Waals surface area contributed by atoms with Crippen molar-refractivity contribution < 1.29 is 4.79 Å². The van der Waals surface area contributed by atoms with Gasteiger partial charge in [-0.15, -0.1) is 0 Å². The van der Waals surface area contributed by atoms with Gasteiger partial charge in [0, 0.05) is 57.2 Å². The van der Waals surface area contributed by atoms with Crippen LogP contribution in [0.15, 0.2) is 6.20 Å². The Morgan fingerprint density at radius 1 is 1.31 bits per heavy atom. The summed E-state index contributed by atoms with van der Waals surface area (Å²) in [6.45, 7) is 8.54. The summed E-state index contributed by atoms with van der Waals surface area (Å²) in [5, 5.41) is 10.7. The number of aryl methyl sites for hydroxylation is 3. The molecule has 2 N–H and O–H groups in total. The van der Waals surface area contributed by atoms with E-state index in [9.17, 15) is 4.79 Å². The molecule has 1 atom stereocenters. The molecule has 1 aliphatic rings. The van der Waals surface area contributed by atoms with Crippen LogP contribution >= 0.6 is 0 Å². The summed E-state index contributed by atoms with van der Waals surface area (Å²) in [6.07, 6.45) is 3.06. The molecule has 26 heavy (non-hydrogen) atoms. The zero-order valence-electron chi connectivity index (χ0n) is 16.1. The molecule has 1 saturated heterocycles. The van der Waals surface area contributed by atoms with Crippen LogP contribution in [0.25, 0.3) is 0 Å². The van der Waals surface area contributed by atoms with Crippen LogP contribution in [0.1, 0.15) is 39.6 Å². The molecule has 2 aromatic rings. The lowest BCUT2D eigenvalue weighted by Gasteiger charge is -2.21. The highest BCUT2D eigenvalue weighted by atomic mass is 16.2. The van der Waals surface area contributed by atoms with Crippen molar-refractivity contribution >= 4 is 11.7 Å². The number of rotatable bonds is 5. The molecular formula is C18H27N7O. The van der Waals surface area contributed by atoms with Crippen molar-refractivity contribution in [1.82, 2.24) is 30.4 Å². The van der Waals surface area contributed by atoms with E-state index in [2.05, 4.69) is 37.5 Å². The van der Waals surface area contributed by atoms with Gasteiger partial charge in [-0.25, -0.2) is 9.97 Å². The minimum Gasteiger partial charge on any atom is -0.355 e. The average Bonchev–Trinajstić information content (AvgIpc) is 3.20. The highest BCUT2D eigenvalue weighted by molar-refractivity contribution is 5.90. The van der Waals surface area contributed by atoms with Crippen LogP contribution in [0, 0.1) is 20.8 Å². The summed E-state index contributed by atoms with van der Waals surface area (Å²) in [4.78, 5) is 23.0. The van der Waals surface area contributed by atoms with E-state index in [-0.39, 0.29) is 11.7 Å². The first-order chi connectivity index (χ1) is 12.4. The van der Waals surface area contributed by atoms with E-state index < -0.39 is 0 Å². The normalized spacial score (nSPS) is 17.0. The molecule has 0 aliphatic carbocycles. The van der Waals surface area contributed by atoms with Crippen LogP contribution in [0.3, 0.4) is 0 Å². The molecule has 0 saturated carbocycles. The van der Waals surface area contributed by atoms with Crippen LogP contribution < -0.4 is 15.5 Å². The Labute approximate surface area is 154 Å². The van der Waals surface area contributed by atoms with Crippen LogP contribution in [0.2, 0.25) is 0 Å². The second kappa shape index (κ2) is 7.41. The van der Waals surface area contributed by atoms with E-state index in [0.29, 0.717) is 6.04 Å². The topological polar surface area (TPSA) is 88.0 Å². The number of carbonyl (C=O) groups is 1. The van der Waals surface area contributed by atoms with Gasteiger partial charge in [0.1, 0.15) is 5.82 Å². The average molecular weight is 357 g/mol. The first kappa shape index (κ1) is 18.3. The lowest BCUT2D eigenvalue weighted by atomic mass is 10.2. The molecule has 0 bridgehead atoms. The third kappa shape index (κ3) is 3.70. The van der Waals surface area contributed by atoms with Crippen LogP contribution in [-0.2, 0) is 13.6 Å². The van der Waals surface area contributed by atoms with Gasteiger partial charge in [-0.1, -0.05) is 0 Å². The summed E-state index contributed by atoms with van der Waals surface area (Å²) in [5.41, 5.74) is 4.15. The molecule has 3 heterocycles. The quantitative estimate of drug-likeness (QED) is 0.825. The Hall–Kier alpha value is -2.48. The number of carbonyl (C=O) groups excluding carboxylic acids is 1. The monoisotopic (exact) mass is 357 g/mol. The fourth-order valence-electron chi connectivity index (χ4n) is 3.32. The molecule has 0 radical (unpaired) electrons. The van der Waals surface area contributed by atoms with Gasteiger partial charge in [-0.2, -0.15) is 5.10 Å². The highest BCUT2D eigenvalue weighted by Crippen LogP contribution is 2.24. The molecule has 1 amide bonds. The number of nitrogens with zero attached hydrogens (tertiary/aromatic N) is 5. The van der Waals surface area contributed by atoms with E-state index in [1.807, 2.05) is 31.8 Å². The summed E-state index contributed by atoms with van der Waals surface area (Å²) in [7, 11) is 3.54. The third-order valence-corrected chi connectivity index (χ3v) is 4.95. The lowest BCUT2D eigenvalue weighted by molar-refractivity contribution is 0.0952. The molecule has 140 valence electrons. The van der Waals surface area contributed by atoms with Crippen LogP contribution in [0.4, 0.5) is 5.82 Å². The van der Waals surface area contributed by atoms with Gasteiger partial charge in [-0.3, -0.25) is 9.48 Å². The Morgan fingerprint density at radius 2 is 2.08 bits per heavy atom. The molecule has 0 aromatic carbocycles. The van der Waals surface area contributed by atoms with E-state index in [1.54, 1.807) is 7.05 Å². The first-order valence-corrected chi connectivity index (χ1v) is 8.93. The highest BCUT2D eigenvalue weighted by Gasteiger charge is 2.26. The van der Waals surface area contributed by atoms with Crippen molar-refractivity contribution in [3.63, 3.8) is 0 Å². The molecule has 2 aromatic heterocycles. The van der Waals surface area contributed by atoms with E-state index in [4.69, 9.17) is 0 Å². The Kier molecular flexibility index (Phi) is 5.22. The van der Waals surface area contributed by atoms with E-state index >= 15 is 0 Å². The van der Waals surface area contributed by atoms with Gasteiger partial charge in [0.05, 0.1) is 5.69 Å². The Morgan fingerprint density at radius 3 is 2.73 bits per heavy atom. The zero-order chi connectivity index (χ0) is 18.8. The number of hydrogen-bond acceptors (Lipinski definition) is 6. The van der Waals surface area contributed by atoms with Gasteiger partial charge in [0.2, 0.25) is 5.82 Å². The maximum atomic E-state index is 11.9. The molecule has 0 unspecified atom stereocenters. The van der Waals surface area contributed by atoms with Crippen molar-refractivity contribution in [1.29, 1.82) is 0 Å². The number of hydrogen-bond donors (Lipinski definition) is 2. The summed E-state index contributed by atoms with van der Waals surface area (Å²) < 4.78 is 1.85. The van der Waals surface area contributed by atoms with E-state index in [1.165, 1.54) is 5.56 Å². The van der Waals surface area contributed by atoms with Gasteiger partial charge in [0.15, 0.2) is 0 Å². The molecule has 3 rings (SSSR count). The van der Waals surface area contributed by atoms with Crippen molar-refractivity contribution in [2.24, 2.45) is 7.05 Å². The molecule has 0 spiro atoms. The standard InChI is InChI=1S/C18H27N7O/c1-11-9-24(5)23-15(11)8-20-14-6-7-25(10-14)17-12(2)13(3)21-16(22-17)18(26)19-4/h9,14,20H,6-8,10H2,1-5H3,(H,19,26)/t14-/m1/s1. The second-order valence-electron chi connectivity index (χ2n) is 6.91. The Balaban J connectivity index is 1.69. The van der Waals surface area contributed by atoms with E-state index in [0.717, 1.165) is 48.8 Å². The fraction of sp³-hybridized carbons (Fsp3) is 0.556. The number of anilines is 1. The largest absolute Gasteiger partial charge is 0.355 e. The minimum absolute atomic E-state index is 0.228. The lowest BCUT2D eigenvalue weighted by Crippen LogP contribution is -2.33. The van der Waals surface area contributed by atoms with Crippen molar-refractivity contribution in [2.45, 2.75) is 39.8 Å². The fourth-order valence-corrected chi connectivity index (χ4v) is 3.32. The molecule has 1 fully saturated rings. The van der Waals surface area contributed by atoms with Crippen molar-refractivity contribution in [2.75, 3.05) is 25.0 Å². The number of amides is 1. The minimum atomic E-state index is -0.256. The number of nitrogens with one attached hydrogen (secondary N) is 2. The van der Waals surface area contributed by atoms with Crippen LogP contribution in [0.5, 0.6) is 0 Å². The SMILES string of the molecule is CNC(=O)c1nc(C)c(C)c(N2CC[C@@H](NCc3nn(C)cc3C)C2)n1. The van der Waals surface area contributed by atoms with Crippen molar-refractivity contribution in [3.05, 3.63) is 34.5 Å². The van der Waals surface area contributed by atoms with Crippen LogP contribution in [-0.4, -0.2) is 51.8 Å². The summed E-state index contributed by atoms with van der Waals surface area (Å²) in [5.74, 6) is 0.828. The predicted octanol–water partition coefficient (Wildman–Crippen LogP) is 0.863. The second-order valence-corrected chi connectivity index (χ2v) is 6.91. The maximum absolute atomic E-state index is 11.9. The first-order valence-electron chi connectivity index (χ1n) is 8.93. The van der Waals surface area contributed by atoms with Gasteiger partial charge < -0.3 is 15.5 Å². The summed E-state index contributed by atoms with van der Waals surface area (Å²) >= 11 is 0. The van der Waals surface area contributed by atoms with Gasteiger partial charge in [0.25, 0.3) is 5.91 Å². The molecule has 8 nitrogen and oxygen atoms in total. The summed E-state index contributed by atoms with van der Waals surface area (Å²) in [6, 6.07) is 0.370. The van der Waals surface area contributed by atoms with Gasteiger partial charge in [-0.05, 0) is 32.8 Å². The van der Waals surface area contributed by atoms with Crippen molar-refractivity contribution in [3.8, 4) is 0 Å². The third-order valence-electron chi connectivity index (χ3n) is 4.95. The maximum Gasteiger partial charge on any atom is 0.288 e. The van der Waals surface area contributed by atoms with Gasteiger partial charge >= 0.3 is 0 Å². The Bertz CT molecular complexity index is 814.